The van der Waals surface area contributed by atoms with Crippen LogP contribution in [0.5, 0.6) is 0 Å². The van der Waals surface area contributed by atoms with Gasteiger partial charge in [0.2, 0.25) is 5.91 Å². The summed E-state index contributed by atoms with van der Waals surface area (Å²) in [5, 5.41) is 14.1. The van der Waals surface area contributed by atoms with Crippen molar-refractivity contribution in [1.82, 2.24) is 0 Å². The Labute approximate surface area is 156 Å². The fourth-order valence-electron chi connectivity index (χ4n) is 2.28. The lowest BCUT2D eigenvalue weighted by Crippen LogP contribution is -2.30. The zero-order valence-corrected chi connectivity index (χ0v) is 15.0. The van der Waals surface area contributed by atoms with E-state index in [1.165, 1.54) is 19.9 Å². The maximum Gasteiger partial charge on any atom is 0.311 e. The number of hydrogen-bond acceptors (Lipinski definition) is 5. The zero-order chi connectivity index (χ0) is 19.8. The van der Waals surface area contributed by atoms with Crippen LogP contribution < -0.4 is 10.6 Å². The van der Waals surface area contributed by atoms with E-state index in [2.05, 4.69) is 10.6 Å². The number of nitrogens with one attached hydrogen (secondary N) is 2. The summed E-state index contributed by atoms with van der Waals surface area (Å²) in [6.45, 7) is 2.88. The summed E-state index contributed by atoms with van der Waals surface area (Å²) in [6, 6.07) is 15.2. The van der Waals surface area contributed by atoms with Crippen LogP contribution in [-0.2, 0) is 25.5 Å². The van der Waals surface area contributed by atoms with Crippen LogP contribution in [0.4, 0.5) is 11.4 Å². The average Bonchev–Trinajstić information content (AvgIpc) is 2.63. The van der Waals surface area contributed by atoms with Crippen LogP contribution in [-0.4, -0.2) is 23.9 Å². The number of anilines is 2. The second kappa shape index (κ2) is 9.15. The molecule has 27 heavy (non-hydrogen) atoms. The number of esters is 1. The number of nitriles is 1. The van der Waals surface area contributed by atoms with Gasteiger partial charge in [0.25, 0.3) is 5.91 Å². The molecule has 2 amide bonds. The minimum atomic E-state index is -0.984. The summed E-state index contributed by atoms with van der Waals surface area (Å²) in [5.41, 5.74) is 2.20. The van der Waals surface area contributed by atoms with Crippen molar-refractivity contribution in [2.45, 2.75) is 26.4 Å². The molecule has 0 unspecified atom stereocenters. The molecule has 0 bridgehead atoms. The topological polar surface area (TPSA) is 108 Å². The van der Waals surface area contributed by atoms with Crippen molar-refractivity contribution in [3.05, 3.63) is 59.7 Å². The fraction of sp³-hybridized carbons (Fsp3) is 0.200. The summed E-state index contributed by atoms with van der Waals surface area (Å²) >= 11 is 0. The number of rotatable bonds is 6. The van der Waals surface area contributed by atoms with E-state index >= 15 is 0 Å². The number of ether oxygens (including phenoxy) is 1. The molecule has 0 saturated heterocycles. The predicted molar refractivity (Wildman–Crippen MR) is 99.8 cm³/mol. The monoisotopic (exact) mass is 365 g/mol. The SMILES string of the molecule is CC(=O)Nc1ccc(CC(=O)O[C@@H](C)C(=O)Nc2cccc(C#N)c2)cc1. The molecule has 0 fully saturated rings. The summed E-state index contributed by atoms with van der Waals surface area (Å²) in [7, 11) is 0. The molecule has 7 heteroatoms. The molecule has 2 aromatic carbocycles. The van der Waals surface area contributed by atoms with Gasteiger partial charge in [0.15, 0.2) is 6.10 Å². The maximum absolute atomic E-state index is 12.1. The molecule has 2 aromatic rings. The molecule has 2 N–H and O–H groups in total. The van der Waals surface area contributed by atoms with Crippen molar-refractivity contribution in [3.8, 4) is 6.07 Å². The van der Waals surface area contributed by atoms with Gasteiger partial charge >= 0.3 is 5.97 Å². The number of carbonyl (C=O) groups excluding carboxylic acids is 3. The van der Waals surface area contributed by atoms with Gasteiger partial charge in [-0.2, -0.15) is 5.26 Å². The zero-order valence-electron chi connectivity index (χ0n) is 15.0. The highest BCUT2D eigenvalue weighted by Gasteiger charge is 2.18. The highest BCUT2D eigenvalue weighted by atomic mass is 16.5. The molecular weight excluding hydrogens is 346 g/mol. The molecule has 0 aliphatic carbocycles. The molecule has 0 heterocycles. The van der Waals surface area contributed by atoms with Gasteiger partial charge in [0, 0.05) is 18.3 Å². The van der Waals surface area contributed by atoms with Gasteiger partial charge in [0.1, 0.15) is 0 Å². The van der Waals surface area contributed by atoms with Crippen LogP contribution in [0.3, 0.4) is 0 Å². The smallest absolute Gasteiger partial charge is 0.311 e. The van der Waals surface area contributed by atoms with Crippen LogP contribution in [0.15, 0.2) is 48.5 Å². The van der Waals surface area contributed by atoms with Crippen LogP contribution in [0.25, 0.3) is 0 Å². The Kier molecular flexibility index (Phi) is 6.67. The number of amides is 2. The number of nitrogens with zero attached hydrogens (tertiary/aromatic N) is 1. The van der Waals surface area contributed by atoms with Crippen molar-refractivity contribution < 1.29 is 19.1 Å². The highest BCUT2D eigenvalue weighted by molar-refractivity contribution is 5.95. The lowest BCUT2D eigenvalue weighted by atomic mass is 10.1. The molecule has 1 atom stereocenters. The van der Waals surface area contributed by atoms with E-state index in [-0.39, 0.29) is 12.3 Å². The maximum atomic E-state index is 12.1. The third kappa shape index (κ3) is 6.29. The van der Waals surface area contributed by atoms with Gasteiger partial charge in [-0.3, -0.25) is 14.4 Å². The molecule has 0 radical (unpaired) electrons. The standard InChI is InChI=1S/C20H19N3O4/c1-13(20(26)23-18-5-3-4-16(10-18)12-21)27-19(25)11-15-6-8-17(9-7-15)22-14(2)24/h3-10,13H,11H2,1-2H3,(H,22,24)(H,23,26)/t13-/m0/s1. The van der Waals surface area contributed by atoms with Gasteiger partial charge in [0.05, 0.1) is 18.1 Å². The molecule has 0 aromatic heterocycles. The lowest BCUT2D eigenvalue weighted by molar-refractivity contribution is -0.152. The molecule has 0 spiro atoms. The van der Waals surface area contributed by atoms with E-state index in [9.17, 15) is 14.4 Å². The van der Waals surface area contributed by atoms with Gasteiger partial charge in [-0.15, -0.1) is 0 Å². The second-order valence-electron chi connectivity index (χ2n) is 5.87. The van der Waals surface area contributed by atoms with E-state index in [1.54, 1.807) is 42.5 Å². The van der Waals surface area contributed by atoms with Gasteiger partial charge in [-0.05, 0) is 42.8 Å². The van der Waals surface area contributed by atoms with Crippen molar-refractivity contribution in [2.75, 3.05) is 10.6 Å². The molecular formula is C20H19N3O4. The van der Waals surface area contributed by atoms with Crippen LogP contribution in [0.1, 0.15) is 25.0 Å². The lowest BCUT2D eigenvalue weighted by Gasteiger charge is -2.14. The van der Waals surface area contributed by atoms with E-state index in [4.69, 9.17) is 10.00 Å². The van der Waals surface area contributed by atoms with Crippen molar-refractivity contribution in [1.29, 1.82) is 5.26 Å². The van der Waals surface area contributed by atoms with Gasteiger partial charge < -0.3 is 15.4 Å². The van der Waals surface area contributed by atoms with Crippen LogP contribution >= 0.6 is 0 Å². The first kappa shape index (κ1) is 19.7. The predicted octanol–water partition coefficient (Wildman–Crippen LogP) is 2.63. The minimum absolute atomic E-state index is 0.00187. The molecule has 0 saturated carbocycles. The first-order valence-corrected chi connectivity index (χ1v) is 8.24. The Bertz CT molecular complexity index is 885. The Morgan fingerprint density at radius 2 is 1.78 bits per heavy atom. The largest absolute Gasteiger partial charge is 0.452 e. The minimum Gasteiger partial charge on any atom is -0.452 e. The summed E-state index contributed by atoms with van der Waals surface area (Å²) < 4.78 is 5.15. The third-order valence-corrected chi connectivity index (χ3v) is 3.56. The Morgan fingerprint density at radius 3 is 2.41 bits per heavy atom. The first-order chi connectivity index (χ1) is 12.9. The van der Waals surface area contributed by atoms with Crippen molar-refractivity contribution >= 4 is 29.2 Å². The van der Waals surface area contributed by atoms with E-state index < -0.39 is 18.0 Å². The van der Waals surface area contributed by atoms with Crippen LogP contribution in [0, 0.1) is 11.3 Å². The Hall–Kier alpha value is -3.66. The average molecular weight is 365 g/mol. The number of benzene rings is 2. The number of carbonyl (C=O) groups is 3. The molecule has 7 nitrogen and oxygen atoms in total. The summed E-state index contributed by atoms with van der Waals surface area (Å²) in [6.07, 6.45) is -0.982. The number of hydrogen-bond donors (Lipinski definition) is 2. The normalized spacial score (nSPS) is 11.0. The molecule has 0 aliphatic rings. The molecule has 2 rings (SSSR count). The Morgan fingerprint density at radius 1 is 1.07 bits per heavy atom. The van der Waals surface area contributed by atoms with Crippen LogP contribution in [0.2, 0.25) is 0 Å². The summed E-state index contributed by atoms with van der Waals surface area (Å²) in [5.74, 6) is -1.21. The summed E-state index contributed by atoms with van der Waals surface area (Å²) in [4.78, 5) is 35.2. The third-order valence-electron chi connectivity index (χ3n) is 3.56. The van der Waals surface area contributed by atoms with E-state index in [0.29, 0.717) is 22.5 Å². The van der Waals surface area contributed by atoms with Gasteiger partial charge in [-0.25, -0.2) is 0 Å². The molecule has 138 valence electrons. The first-order valence-electron chi connectivity index (χ1n) is 8.24. The fourth-order valence-corrected chi connectivity index (χ4v) is 2.28. The van der Waals surface area contributed by atoms with Crippen molar-refractivity contribution in [3.63, 3.8) is 0 Å². The Balaban J connectivity index is 1.87. The van der Waals surface area contributed by atoms with Crippen molar-refractivity contribution in [2.24, 2.45) is 0 Å². The highest BCUT2D eigenvalue weighted by Crippen LogP contribution is 2.12. The second-order valence-corrected chi connectivity index (χ2v) is 5.87. The van der Waals surface area contributed by atoms with Gasteiger partial charge in [-0.1, -0.05) is 18.2 Å². The molecule has 0 aliphatic heterocycles. The van der Waals surface area contributed by atoms with E-state index in [1.807, 2.05) is 6.07 Å². The van der Waals surface area contributed by atoms with E-state index in [0.717, 1.165) is 0 Å². The quantitative estimate of drug-likeness (QED) is 0.765.